The van der Waals surface area contributed by atoms with Gasteiger partial charge in [0.2, 0.25) is 5.95 Å². The van der Waals surface area contributed by atoms with E-state index in [4.69, 9.17) is 9.47 Å². The molecule has 2 fully saturated rings. The molecule has 4 rings (SSSR count). The van der Waals surface area contributed by atoms with Gasteiger partial charge in [0.15, 0.2) is 0 Å². The maximum Gasteiger partial charge on any atom is 0.260 e. The summed E-state index contributed by atoms with van der Waals surface area (Å²) in [6.07, 6.45) is 5.96. The molecule has 134 valence electrons. The van der Waals surface area contributed by atoms with Gasteiger partial charge in [0.05, 0.1) is 29.7 Å². The van der Waals surface area contributed by atoms with Crippen LogP contribution >= 0.6 is 0 Å². The average molecular weight is 343 g/mol. The Balaban J connectivity index is 1.34. The van der Waals surface area contributed by atoms with E-state index in [1.54, 1.807) is 6.07 Å². The molecule has 25 heavy (non-hydrogen) atoms. The summed E-state index contributed by atoms with van der Waals surface area (Å²) < 4.78 is 11.8. The third kappa shape index (κ3) is 3.85. The number of benzene rings is 1. The first-order chi connectivity index (χ1) is 12.3. The summed E-state index contributed by atoms with van der Waals surface area (Å²) in [6, 6.07) is 7.45. The Morgan fingerprint density at radius 2 is 2.04 bits per heavy atom. The van der Waals surface area contributed by atoms with Crippen LogP contribution in [0.25, 0.3) is 10.9 Å². The molecule has 1 N–H and O–H groups in total. The quantitative estimate of drug-likeness (QED) is 0.924. The third-order valence-electron chi connectivity index (χ3n) is 5.13. The van der Waals surface area contributed by atoms with Crippen LogP contribution in [0.15, 0.2) is 29.1 Å². The molecule has 2 aromatic rings. The van der Waals surface area contributed by atoms with Crippen molar-refractivity contribution in [3.63, 3.8) is 0 Å². The Bertz CT molecular complexity index is 762. The Morgan fingerprint density at radius 3 is 2.84 bits per heavy atom. The number of aromatic amines is 1. The number of nitrogens with one attached hydrogen (secondary N) is 1. The van der Waals surface area contributed by atoms with Crippen LogP contribution in [0.4, 0.5) is 5.95 Å². The van der Waals surface area contributed by atoms with Gasteiger partial charge in [-0.05, 0) is 44.2 Å². The van der Waals surface area contributed by atoms with Gasteiger partial charge in [0, 0.05) is 19.7 Å². The van der Waals surface area contributed by atoms with Gasteiger partial charge in [-0.2, -0.15) is 0 Å². The second-order valence-corrected chi connectivity index (χ2v) is 6.92. The molecule has 0 aliphatic carbocycles. The van der Waals surface area contributed by atoms with Crippen LogP contribution in [0, 0.1) is 0 Å². The molecule has 6 nitrogen and oxygen atoms in total. The van der Waals surface area contributed by atoms with Crippen LogP contribution in [0.3, 0.4) is 0 Å². The van der Waals surface area contributed by atoms with Gasteiger partial charge in [0.25, 0.3) is 5.56 Å². The van der Waals surface area contributed by atoms with Crippen molar-refractivity contribution in [1.29, 1.82) is 0 Å². The monoisotopic (exact) mass is 343 g/mol. The molecule has 2 aliphatic rings. The van der Waals surface area contributed by atoms with Crippen LogP contribution in [0.5, 0.6) is 0 Å². The van der Waals surface area contributed by atoms with E-state index in [1.807, 2.05) is 18.2 Å². The summed E-state index contributed by atoms with van der Waals surface area (Å²) in [5.41, 5.74) is 0.669. The molecule has 3 heterocycles. The van der Waals surface area contributed by atoms with Gasteiger partial charge in [0.1, 0.15) is 0 Å². The predicted octanol–water partition coefficient (Wildman–Crippen LogP) is 2.48. The highest BCUT2D eigenvalue weighted by molar-refractivity contribution is 5.78. The number of rotatable bonds is 4. The Labute approximate surface area is 147 Å². The normalized spacial score (nSPS) is 22.4. The van der Waals surface area contributed by atoms with E-state index in [9.17, 15) is 4.79 Å². The largest absolute Gasteiger partial charge is 0.376 e. The number of H-pyrrole nitrogens is 1. The van der Waals surface area contributed by atoms with Gasteiger partial charge in [-0.1, -0.05) is 12.1 Å². The maximum absolute atomic E-state index is 12.2. The van der Waals surface area contributed by atoms with Crippen molar-refractivity contribution in [1.82, 2.24) is 9.97 Å². The summed E-state index contributed by atoms with van der Waals surface area (Å²) >= 11 is 0. The highest BCUT2D eigenvalue weighted by atomic mass is 16.5. The first kappa shape index (κ1) is 16.5. The van der Waals surface area contributed by atoms with Crippen LogP contribution in [0.2, 0.25) is 0 Å². The van der Waals surface area contributed by atoms with E-state index in [0.717, 1.165) is 44.5 Å². The molecule has 6 heteroatoms. The SMILES string of the molecule is O=c1[nH]c(N2CCC(OC[C@H]3CCCCO3)CC2)nc2ccccc12. The molecule has 1 aromatic heterocycles. The molecular formula is C19H25N3O3. The van der Waals surface area contributed by atoms with Crippen molar-refractivity contribution >= 4 is 16.9 Å². The number of ether oxygens (including phenoxy) is 2. The smallest absolute Gasteiger partial charge is 0.260 e. The van der Waals surface area contributed by atoms with E-state index >= 15 is 0 Å². The summed E-state index contributed by atoms with van der Waals surface area (Å²) in [7, 11) is 0. The fraction of sp³-hybridized carbons (Fsp3) is 0.579. The second-order valence-electron chi connectivity index (χ2n) is 6.92. The summed E-state index contributed by atoms with van der Waals surface area (Å²) in [4.78, 5) is 21.9. The highest BCUT2D eigenvalue weighted by Gasteiger charge is 2.23. The van der Waals surface area contributed by atoms with Gasteiger partial charge >= 0.3 is 0 Å². The van der Waals surface area contributed by atoms with E-state index in [-0.39, 0.29) is 17.8 Å². The second kappa shape index (κ2) is 7.54. The van der Waals surface area contributed by atoms with Crippen LogP contribution in [0.1, 0.15) is 32.1 Å². The third-order valence-corrected chi connectivity index (χ3v) is 5.13. The topological polar surface area (TPSA) is 67.5 Å². The number of nitrogens with zero attached hydrogens (tertiary/aromatic N) is 2. The number of hydrogen-bond acceptors (Lipinski definition) is 5. The molecule has 0 unspecified atom stereocenters. The van der Waals surface area contributed by atoms with Gasteiger partial charge in [-0.25, -0.2) is 4.98 Å². The van der Waals surface area contributed by atoms with Crippen molar-refractivity contribution in [2.75, 3.05) is 31.2 Å². The molecule has 1 aromatic carbocycles. The lowest BCUT2D eigenvalue weighted by molar-refractivity contribution is -0.0672. The lowest BCUT2D eigenvalue weighted by Crippen LogP contribution is -2.39. The summed E-state index contributed by atoms with van der Waals surface area (Å²) in [5.74, 6) is 0.665. The molecular weight excluding hydrogens is 318 g/mol. The average Bonchev–Trinajstić information content (AvgIpc) is 2.68. The van der Waals surface area contributed by atoms with Crippen molar-refractivity contribution < 1.29 is 9.47 Å². The Kier molecular flexibility index (Phi) is 4.99. The Hall–Kier alpha value is -1.92. The zero-order valence-corrected chi connectivity index (χ0v) is 14.4. The lowest BCUT2D eigenvalue weighted by Gasteiger charge is -2.33. The molecule has 1 atom stereocenters. The van der Waals surface area contributed by atoms with Crippen LogP contribution in [-0.4, -0.2) is 48.5 Å². The number of aromatic nitrogens is 2. The van der Waals surface area contributed by atoms with Crippen molar-refractivity contribution in [3.05, 3.63) is 34.6 Å². The van der Waals surface area contributed by atoms with Crippen molar-refractivity contribution in [2.45, 2.75) is 44.3 Å². The first-order valence-corrected chi connectivity index (χ1v) is 9.27. The minimum Gasteiger partial charge on any atom is -0.376 e. The highest BCUT2D eigenvalue weighted by Crippen LogP contribution is 2.20. The minimum absolute atomic E-state index is 0.0755. The lowest BCUT2D eigenvalue weighted by atomic mass is 10.1. The van der Waals surface area contributed by atoms with Crippen molar-refractivity contribution in [2.24, 2.45) is 0 Å². The number of hydrogen-bond donors (Lipinski definition) is 1. The predicted molar refractivity (Wildman–Crippen MR) is 97.1 cm³/mol. The summed E-state index contributed by atoms with van der Waals surface area (Å²) in [6.45, 7) is 3.26. The van der Waals surface area contributed by atoms with E-state index in [1.165, 1.54) is 12.8 Å². The molecule has 2 saturated heterocycles. The maximum atomic E-state index is 12.2. The summed E-state index contributed by atoms with van der Waals surface area (Å²) in [5, 5.41) is 0.636. The fourth-order valence-corrected chi connectivity index (χ4v) is 3.64. The van der Waals surface area contributed by atoms with Gasteiger partial charge in [-0.3, -0.25) is 9.78 Å². The number of anilines is 1. The van der Waals surface area contributed by atoms with Crippen molar-refractivity contribution in [3.8, 4) is 0 Å². The van der Waals surface area contributed by atoms with Crippen LogP contribution < -0.4 is 10.5 Å². The van der Waals surface area contributed by atoms with E-state index in [0.29, 0.717) is 17.9 Å². The van der Waals surface area contributed by atoms with Gasteiger partial charge < -0.3 is 14.4 Å². The molecule has 2 aliphatic heterocycles. The number of fused-ring (bicyclic) bond motifs is 1. The molecule has 0 spiro atoms. The molecule has 0 amide bonds. The fourth-order valence-electron chi connectivity index (χ4n) is 3.64. The minimum atomic E-state index is -0.0755. The standard InChI is InChI=1S/C19H25N3O3/c23-18-16-6-1-2-7-17(16)20-19(21-18)22-10-8-14(9-11-22)25-13-15-5-3-4-12-24-15/h1-2,6-7,14-15H,3-5,8-13H2,(H,20,21,23)/t15-/m1/s1. The Morgan fingerprint density at radius 1 is 1.20 bits per heavy atom. The van der Waals surface area contributed by atoms with Gasteiger partial charge in [-0.15, -0.1) is 0 Å². The molecule has 0 saturated carbocycles. The molecule has 0 bridgehead atoms. The zero-order valence-electron chi connectivity index (χ0n) is 14.4. The first-order valence-electron chi connectivity index (χ1n) is 9.27. The zero-order chi connectivity index (χ0) is 17.1. The van der Waals surface area contributed by atoms with Crippen LogP contribution in [-0.2, 0) is 9.47 Å². The van der Waals surface area contributed by atoms with E-state index in [2.05, 4.69) is 14.9 Å². The number of para-hydroxylation sites is 1. The molecule has 0 radical (unpaired) electrons. The van der Waals surface area contributed by atoms with E-state index < -0.39 is 0 Å². The number of piperidine rings is 1.